The van der Waals surface area contributed by atoms with Gasteiger partial charge in [-0.05, 0) is 30.7 Å². The molecule has 1 aromatic carbocycles. The Labute approximate surface area is 161 Å². The second-order valence-electron chi connectivity index (χ2n) is 5.55. The van der Waals surface area contributed by atoms with Gasteiger partial charge in [-0.15, -0.1) is 0 Å². The highest BCUT2D eigenvalue weighted by Gasteiger charge is 2.11. The van der Waals surface area contributed by atoms with Crippen LogP contribution >= 0.6 is 34.8 Å². The first-order chi connectivity index (χ1) is 12.0. The Morgan fingerprint density at radius 3 is 2.48 bits per heavy atom. The van der Waals surface area contributed by atoms with Gasteiger partial charge in [-0.2, -0.15) is 5.10 Å². The van der Waals surface area contributed by atoms with Gasteiger partial charge in [0.15, 0.2) is 5.82 Å². The van der Waals surface area contributed by atoms with Crippen molar-refractivity contribution in [3.8, 4) is 0 Å². The molecule has 132 valence electrons. The van der Waals surface area contributed by atoms with E-state index in [4.69, 9.17) is 39.5 Å². The molecule has 0 bridgehead atoms. The molecule has 3 rings (SSSR count). The van der Waals surface area contributed by atoms with Crippen LogP contribution in [0.25, 0.3) is 0 Å². The van der Waals surface area contributed by atoms with E-state index in [-0.39, 0.29) is 5.15 Å². The molecule has 0 amide bonds. The van der Waals surface area contributed by atoms with Gasteiger partial charge < -0.3 is 9.64 Å². The summed E-state index contributed by atoms with van der Waals surface area (Å²) in [5, 5.41) is 5.16. The van der Waals surface area contributed by atoms with Crippen molar-refractivity contribution in [3.05, 3.63) is 51.1 Å². The highest BCUT2D eigenvalue weighted by atomic mass is 35.5. The van der Waals surface area contributed by atoms with E-state index < -0.39 is 0 Å². The summed E-state index contributed by atoms with van der Waals surface area (Å²) in [6, 6.07) is 9.78. The van der Waals surface area contributed by atoms with Crippen LogP contribution in [-0.4, -0.2) is 37.0 Å². The fraction of sp³-hybridized carbons (Fsp3) is 0.294. The van der Waals surface area contributed by atoms with Gasteiger partial charge >= 0.3 is 0 Å². The lowest BCUT2D eigenvalue weighted by atomic mass is 10.1. The van der Waals surface area contributed by atoms with E-state index in [1.807, 2.05) is 19.1 Å². The lowest BCUT2D eigenvalue weighted by Gasteiger charge is -2.28. The van der Waals surface area contributed by atoms with Crippen LogP contribution in [0.3, 0.4) is 0 Å². The van der Waals surface area contributed by atoms with Gasteiger partial charge in [0, 0.05) is 18.8 Å². The van der Waals surface area contributed by atoms with Gasteiger partial charge in [0.25, 0.3) is 0 Å². The molecule has 1 saturated heterocycles. The summed E-state index contributed by atoms with van der Waals surface area (Å²) < 4.78 is 5.38. The number of hydrogen-bond donors (Lipinski definition) is 1. The Bertz CT molecular complexity index is 774. The molecule has 2 heterocycles. The zero-order valence-corrected chi connectivity index (χ0v) is 15.9. The summed E-state index contributed by atoms with van der Waals surface area (Å²) >= 11 is 17.9. The van der Waals surface area contributed by atoms with E-state index in [0.717, 1.165) is 37.6 Å². The summed E-state index contributed by atoms with van der Waals surface area (Å²) in [5.74, 6) is 0.361. The predicted molar refractivity (Wildman–Crippen MR) is 105 cm³/mol. The topological polar surface area (TPSA) is 49.8 Å². The van der Waals surface area contributed by atoms with Crippen molar-refractivity contribution in [2.45, 2.75) is 6.92 Å². The van der Waals surface area contributed by atoms with Crippen LogP contribution in [0.1, 0.15) is 12.5 Å². The molecule has 5 nitrogen and oxygen atoms in total. The van der Waals surface area contributed by atoms with E-state index in [2.05, 4.69) is 32.5 Å². The smallest absolute Gasteiger partial charge is 0.166 e. The van der Waals surface area contributed by atoms with Gasteiger partial charge in [-0.3, -0.25) is 5.43 Å². The largest absolute Gasteiger partial charge is 0.378 e. The van der Waals surface area contributed by atoms with E-state index in [9.17, 15) is 0 Å². The van der Waals surface area contributed by atoms with E-state index in [1.54, 1.807) is 0 Å². The summed E-state index contributed by atoms with van der Waals surface area (Å²) in [7, 11) is 0. The zero-order valence-electron chi connectivity index (χ0n) is 13.6. The van der Waals surface area contributed by atoms with Crippen LogP contribution in [0.15, 0.2) is 35.4 Å². The molecular formula is C17H17Cl3N4O. The Balaban J connectivity index is 1.71. The monoisotopic (exact) mass is 398 g/mol. The highest BCUT2D eigenvalue weighted by molar-refractivity contribution is 6.42. The number of pyridine rings is 1. The number of rotatable bonds is 4. The number of hydrogen-bond acceptors (Lipinski definition) is 5. The first-order valence-electron chi connectivity index (χ1n) is 7.79. The maximum atomic E-state index is 6.08. The molecule has 2 aromatic rings. The number of anilines is 2. The third-order valence-corrected chi connectivity index (χ3v) is 4.84. The lowest BCUT2D eigenvalue weighted by molar-refractivity contribution is 0.122. The standard InChI is InChI=1S/C17H17Cl3N4O/c1-11(22-23-17-15(19)10-14(18)16(20)21-17)12-2-4-13(5-3-12)24-6-8-25-9-7-24/h2-5,10H,6-9H2,1H3,(H,21,23)/b22-11-. The molecule has 0 saturated carbocycles. The van der Waals surface area contributed by atoms with Crippen LogP contribution in [0.2, 0.25) is 15.2 Å². The average molecular weight is 400 g/mol. The molecular weight excluding hydrogens is 383 g/mol. The van der Waals surface area contributed by atoms with Gasteiger partial charge in [0.1, 0.15) is 5.15 Å². The molecule has 1 aromatic heterocycles. The number of ether oxygens (including phenoxy) is 1. The quantitative estimate of drug-likeness (QED) is 0.459. The van der Waals surface area contributed by atoms with Crippen molar-refractivity contribution in [2.75, 3.05) is 36.6 Å². The number of nitrogens with one attached hydrogen (secondary N) is 1. The lowest BCUT2D eigenvalue weighted by Crippen LogP contribution is -2.36. The fourth-order valence-corrected chi connectivity index (χ4v) is 3.00. The highest BCUT2D eigenvalue weighted by Crippen LogP contribution is 2.28. The Kier molecular flexibility index (Phi) is 6.02. The molecule has 0 spiro atoms. The number of nitrogens with zero attached hydrogens (tertiary/aromatic N) is 3. The van der Waals surface area contributed by atoms with Crippen LogP contribution in [0.5, 0.6) is 0 Å². The van der Waals surface area contributed by atoms with Gasteiger partial charge in [-0.1, -0.05) is 46.9 Å². The minimum absolute atomic E-state index is 0.177. The van der Waals surface area contributed by atoms with Gasteiger partial charge in [0.2, 0.25) is 0 Å². The molecule has 0 unspecified atom stereocenters. The SMILES string of the molecule is C/C(=N/Nc1nc(Cl)c(Cl)cc1Cl)c1ccc(N2CCOCC2)cc1. The molecule has 1 N–H and O–H groups in total. The first-order valence-corrected chi connectivity index (χ1v) is 8.93. The van der Waals surface area contributed by atoms with Crippen molar-refractivity contribution in [1.29, 1.82) is 0 Å². The molecule has 1 aliphatic rings. The maximum Gasteiger partial charge on any atom is 0.166 e. The number of halogens is 3. The average Bonchev–Trinajstić information content (AvgIpc) is 2.64. The van der Waals surface area contributed by atoms with Gasteiger partial charge in [-0.25, -0.2) is 4.98 Å². The van der Waals surface area contributed by atoms with Crippen molar-refractivity contribution in [1.82, 2.24) is 4.98 Å². The van der Waals surface area contributed by atoms with Crippen LogP contribution in [0, 0.1) is 0 Å². The Morgan fingerprint density at radius 1 is 1.12 bits per heavy atom. The number of aromatic nitrogens is 1. The molecule has 0 atom stereocenters. The third-order valence-electron chi connectivity index (χ3n) is 3.88. The Morgan fingerprint density at radius 2 is 1.80 bits per heavy atom. The van der Waals surface area contributed by atoms with Crippen molar-refractivity contribution < 1.29 is 4.74 Å². The minimum atomic E-state index is 0.177. The van der Waals surface area contributed by atoms with Crippen LogP contribution < -0.4 is 10.3 Å². The summed E-state index contributed by atoms with van der Waals surface area (Å²) in [4.78, 5) is 6.38. The van der Waals surface area contributed by atoms with Crippen molar-refractivity contribution in [2.24, 2.45) is 5.10 Å². The molecule has 1 fully saturated rings. The maximum absolute atomic E-state index is 6.08. The molecule has 0 radical (unpaired) electrons. The van der Waals surface area contributed by atoms with Crippen LogP contribution in [0.4, 0.5) is 11.5 Å². The van der Waals surface area contributed by atoms with E-state index >= 15 is 0 Å². The Hall–Kier alpha value is -1.53. The minimum Gasteiger partial charge on any atom is -0.378 e. The summed E-state index contributed by atoms with van der Waals surface area (Å²) in [5.41, 5.74) is 5.82. The summed E-state index contributed by atoms with van der Waals surface area (Å²) in [6.45, 7) is 5.26. The van der Waals surface area contributed by atoms with Crippen molar-refractivity contribution >= 4 is 52.0 Å². The number of hydrazone groups is 1. The van der Waals surface area contributed by atoms with E-state index in [0.29, 0.717) is 15.9 Å². The molecule has 0 aliphatic carbocycles. The van der Waals surface area contributed by atoms with E-state index in [1.165, 1.54) is 11.8 Å². The molecule has 8 heteroatoms. The number of morpholine rings is 1. The summed E-state index contributed by atoms with van der Waals surface area (Å²) in [6.07, 6.45) is 0. The molecule has 1 aliphatic heterocycles. The molecule has 25 heavy (non-hydrogen) atoms. The second-order valence-corrected chi connectivity index (χ2v) is 6.72. The normalized spacial score (nSPS) is 15.4. The van der Waals surface area contributed by atoms with Crippen molar-refractivity contribution in [3.63, 3.8) is 0 Å². The third kappa shape index (κ3) is 4.55. The second kappa shape index (κ2) is 8.23. The predicted octanol–water partition coefficient (Wildman–Crippen LogP) is 4.71. The fourth-order valence-electron chi connectivity index (χ4n) is 2.46. The van der Waals surface area contributed by atoms with Gasteiger partial charge in [0.05, 0.1) is 29.0 Å². The van der Waals surface area contributed by atoms with Crippen LogP contribution in [-0.2, 0) is 4.74 Å². The first kappa shape index (κ1) is 18.3. The zero-order chi connectivity index (χ0) is 17.8. The number of benzene rings is 1.